The van der Waals surface area contributed by atoms with E-state index in [9.17, 15) is 4.79 Å². The fourth-order valence-electron chi connectivity index (χ4n) is 5.57. The van der Waals surface area contributed by atoms with Crippen LogP contribution in [0, 0.1) is 19.7 Å². The number of fused-ring (bicyclic) bond motifs is 3. The van der Waals surface area contributed by atoms with Crippen LogP contribution in [-0.2, 0) is 24.1 Å². The minimum atomic E-state index is -0.309. The average molecular weight is 437 g/mol. The van der Waals surface area contributed by atoms with Gasteiger partial charge in [0.05, 0.1) is 11.4 Å². The first-order valence-corrected chi connectivity index (χ1v) is 11.6. The number of nitrogens with one attached hydrogen (secondary N) is 1. The van der Waals surface area contributed by atoms with Gasteiger partial charge in [-0.2, -0.15) is 0 Å². The number of rotatable bonds is 2. The van der Waals surface area contributed by atoms with Crippen LogP contribution in [0.1, 0.15) is 45.5 Å². The van der Waals surface area contributed by atoms with E-state index in [4.69, 9.17) is 0 Å². The molecule has 3 aliphatic rings. The molecule has 0 saturated heterocycles. The van der Waals surface area contributed by atoms with E-state index in [-0.39, 0.29) is 18.0 Å². The summed E-state index contributed by atoms with van der Waals surface area (Å²) in [7, 11) is 0. The zero-order valence-corrected chi connectivity index (χ0v) is 18.9. The molecule has 2 aliphatic carbocycles. The van der Waals surface area contributed by atoms with Crippen molar-refractivity contribution in [2.24, 2.45) is 0 Å². The van der Waals surface area contributed by atoms with E-state index in [1.54, 1.807) is 6.07 Å². The highest BCUT2D eigenvalue weighted by molar-refractivity contribution is 6.26. The fourth-order valence-corrected chi connectivity index (χ4v) is 5.57. The summed E-state index contributed by atoms with van der Waals surface area (Å²) in [5.74, 6) is -0.320. The van der Waals surface area contributed by atoms with Crippen LogP contribution in [0.2, 0.25) is 0 Å². The molecule has 0 amide bonds. The van der Waals surface area contributed by atoms with Gasteiger partial charge in [-0.3, -0.25) is 9.78 Å². The van der Waals surface area contributed by atoms with E-state index < -0.39 is 0 Å². The Labute approximate surface area is 193 Å². The van der Waals surface area contributed by atoms with Crippen LogP contribution in [0.3, 0.4) is 0 Å². The number of benzene rings is 2. The van der Waals surface area contributed by atoms with Crippen molar-refractivity contribution >= 4 is 23.1 Å². The highest BCUT2D eigenvalue weighted by Gasteiger charge is 2.32. The number of aromatic nitrogens is 1. The molecule has 1 aliphatic heterocycles. The lowest BCUT2D eigenvalue weighted by atomic mass is 9.89. The van der Waals surface area contributed by atoms with Crippen molar-refractivity contribution in [1.29, 1.82) is 0 Å². The van der Waals surface area contributed by atoms with Crippen molar-refractivity contribution in [2.45, 2.75) is 39.5 Å². The van der Waals surface area contributed by atoms with Crippen molar-refractivity contribution in [3.05, 3.63) is 93.1 Å². The van der Waals surface area contributed by atoms with E-state index in [2.05, 4.69) is 35.4 Å². The Balaban J connectivity index is 1.49. The second-order valence-electron chi connectivity index (χ2n) is 9.29. The number of allylic oxidation sites excluding steroid dienone is 3. The van der Waals surface area contributed by atoms with E-state index >= 15 is 4.39 Å². The molecule has 3 nitrogen and oxygen atoms in total. The molecule has 4 heteroatoms. The topological polar surface area (TPSA) is 42.0 Å². The Bertz CT molecular complexity index is 1410. The Morgan fingerprint density at radius 1 is 1.09 bits per heavy atom. The van der Waals surface area contributed by atoms with Gasteiger partial charge in [-0.05, 0) is 84.2 Å². The van der Waals surface area contributed by atoms with Crippen LogP contribution in [0.5, 0.6) is 0 Å². The summed E-state index contributed by atoms with van der Waals surface area (Å²) in [5, 5.41) is 3.47. The number of aryl methyl sites for hydroxylation is 1. The lowest BCUT2D eigenvalue weighted by molar-refractivity contribution is -0.112. The number of pyridine rings is 1. The third-order valence-corrected chi connectivity index (χ3v) is 7.27. The van der Waals surface area contributed by atoms with Gasteiger partial charge >= 0.3 is 0 Å². The number of hydrogen-bond donors (Lipinski definition) is 1. The molecule has 0 saturated carbocycles. The molecule has 1 N–H and O–H groups in total. The Hall–Kier alpha value is -3.53. The molecule has 0 spiro atoms. The number of hydrogen-bond acceptors (Lipinski definition) is 3. The van der Waals surface area contributed by atoms with Gasteiger partial charge in [0.1, 0.15) is 5.82 Å². The van der Waals surface area contributed by atoms with Gasteiger partial charge in [0.2, 0.25) is 0 Å². The van der Waals surface area contributed by atoms with Crippen molar-refractivity contribution in [2.75, 3.05) is 11.9 Å². The third kappa shape index (κ3) is 3.16. The molecule has 0 bridgehead atoms. The predicted octanol–water partition coefficient (Wildman–Crippen LogP) is 6.01. The summed E-state index contributed by atoms with van der Waals surface area (Å²) < 4.78 is 15.3. The number of nitrogens with zero attached hydrogens (tertiary/aromatic N) is 1. The van der Waals surface area contributed by atoms with Gasteiger partial charge in [0.15, 0.2) is 5.78 Å². The molecular weight excluding hydrogens is 411 g/mol. The van der Waals surface area contributed by atoms with Gasteiger partial charge in [-0.25, -0.2) is 4.39 Å². The largest absolute Gasteiger partial charge is 0.383 e. The van der Waals surface area contributed by atoms with E-state index in [0.29, 0.717) is 11.1 Å². The molecule has 2 heterocycles. The van der Waals surface area contributed by atoms with Crippen LogP contribution >= 0.6 is 0 Å². The molecule has 0 unspecified atom stereocenters. The van der Waals surface area contributed by atoms with Crippen molar-refractivity contribution < 1.29 is 9.18 Å². The molecule has 33 heavy (non-hydrogen) atoms. The van der Waals surface area contributed by atoms with Crippen LogP contribution < -0.4 is 5.32 Å². The van der Waals surface area contributed by atoms with Crippen LogP contribution in [0.15, 0.2) is 48.2 Å². The zero-order chi connectivity index (χ0) is 22.7. The molecule has 1 aromatic heterocycles. The second kappa shape index (κ2) is 7.51. The zero-order valence-electron chi connectivity index (χ0n) is 18.9. The van der Waals surface area contributed by atoms with Gasteiger partial charge in [-0.1, -0.05) is 30.3 Å². The second-order valence-corrected chi connectivity index (χ2v) is 9.29. The first kappa shape index (κ1) is 20.1. The molecule has 2 aromatic carbocycles. The summed E-state index contributed by atoms with van der Waals surface area (Å²) in [6.45, 7) is 5.00. The third-order valence-electron chi connectivity index (χ3n) is 7.27. The number of carbonyl (C=O) groups is 1. The quantitative estimate of drug-likeness (QED) is 0.500. The smallest absolute Gasteiger partial charge is 0.168 e. The summed E-state index contributed by atoms with van der Waals surface area (Å²) in [4.78, 5) is 17.7. The SMILES string of the molecule is Cc1c(-c2cc(F)c3c(c2C)/C(=C/C2=Cc4ccccc4C2)C(=O)C3)cnc2c1NCCC2. The molecule has 0 radical (unpaired) electrons. The summed E-state index contributed by atoms with van der Waals surface area (Å²) in [6, 6.07) is 9.86. The van der Waals surface area contributed by atoms with E-state index in [1.165, 1.54) is 11.1 Å². The van der Waals surface area contributed by atoms with Gasteiger partial charge < -0.3 is 5.32 Å². The molecule has 164 valence electrons. The maximum Gasteiger partial charge on any atom is 0.168 e. The highest BCUT2D eigenvalue weighted by atomic mass is 19.1. The summed E-state index contributed by atoms with van der Waals surface area (Å²) in [5.41, 5.74) is 11.4. The first-order chi connectivity index (χ1) is 16.0. The van der Waals surface area contributed by atoms with Crippen molar-refractivity contribution in [3.63, 3.8) is 0 Å². The maximum absolute atomic E-state index is 15.3. The molecule has 3 aromatic rings. The highest BCUT2D eigenvalue weighted by Crippen LogP contribution is 2.42. The standard InChI is InChI=1S/C29H25FN2O/c1-16-21(24-15-32-26-8-5-9-31-29(26)17(24)2)13-25(30)22-14-27(33)23(28(16)22)12-18-10-19-6-3-4-7-20(19)11-18/h3-4,6-7,10,12-13,15,31H,5,8-9,11,14H2,1-2H3/b23-12+. The van der Waals surface area contributed by atoms with Crippen LogP contribution in [-0.4, -0.2) is 17.3 Å². The number of halogens is 1. The van der Waals surface area contributed by atoms with E-state index in [0.717, 1.165) is 70.6 Å². The minimum absolute atomic E-state index is 0.0111. The molecule has 0 atom stereocenters. The van der Waals surface area contributed by atoms with Crippen molar-refractivity contribution in [1.82, 2.24) is 4.98 Å². The van der Waals surface area contributed by atoms with E-state index in [1.807, 2.05) is 31.3 Å². The van der Waals surface area contributed by atoms with Crippen LogP contribution in [0.4, 0.5) is 10.1 Å². The number of ketones is 1. The van der Waals surface area contributed by atoms with Crippen LogP contribution in [0.25, 0.3) is 22.8 Å². The number of carbonyl (C=O) groups excluding carboxylic acids is 1. The van der Waals surface area contributed by atoms with Gasteiger partial charge in [0, 0.05) is 35.9 Å². The average Bonchev–Trinajstić information content (AvgIpc) is 3.38. The minimum Gasteiger partial charge on any atom is -0.383 e. The van der Waals surface area contributed by atoms with Gasteiger partial charge in [0.25, 0.3) is 0 Å². The predicted molar refractivity (Wildman–Crippen MR) is 131 cm³/mol. The Morgan fingerprint density at radius 3 is 2.79 bits per heavy atom. The number of anilines is 1. The maximum atomic E-state index is 15.3. The molecule has 0 fully saturated rings. The number of Topliss-reactive ketones (excluding diaryl/α,β-unsaturated/α-hetero) is 1. The lowest BCUT2D eigenvalue weighted by Crippen LogP contribution is -2.15. The Morgan fingerprint density at radius 2 is 1.94 bits per heavy atom. The lowest BCUT2D eigenvalue weighted by Gasteiger charge is -2.22. The summed E-state index contributed by atoms with van der Waals surface area (Å²) in [6.07, 6.45) is 8.92. The monoisotopic (exact) mass is 436 g/mol. The fraction of sp³-hybridized carbons (Fsp3) is 0.241. The molecule has 6 rings (SSSR count). The molecular formula is C29H25FN2O. The summed E-state index contributed by atoms with van der Waals surface area (Å²) >= 11 is 0. The van der Waals surface area contributed by atoms with Crippen molar-refractivity contribution in [3.8, 4) is 11.1 Å². The van der Waals surface area contributed by atoms with Gasteiger partial charge in [-0.15, -0.1) is 0 Å². The normalized spacial score (nSPS) is 17.5. The Kier molecular flexibility index (Phi) is 4.58. The first-order valence-electron chi connectivity index (χ1n) is 11.6.